The number of hydrogen-bond donors (Lipinski definition) is 0. The summed E-state index contributed by atoms with van der Waals surface area (Å²) >= 11 is 0. The number of rotatable bonds is 6. The van der Waals surface area contributed by atoms with E-state index in [9.17, 15) is 9.18 Å². The van der Waals surface area contributed by atoms with E-state index >= 15 is 8.78 Å². The van der Waals surface area contributed by atoms with Gasteiger partial charge in [-0.3, -0.25) is 0 Å². The maximum absolute atomic E-state index is 15.1. The van der Waals surface area contributed by atoms with Crippen molar-refractivity contribution in [2.75, 3.05) is 6.61 Å². The van der Waals surface area contributed by atoms with Crippen LogP contribution >= 0.6 is 0 Å². The maximum Gasteiger partial charge on any atom is 0.341 e. The summed E-state index contributed by atoms with van der Waals surface area (Å²) in [5, 5.41) is 0. The van der Waals surface area contributed by atoms with Gasteiger partial charge in [0.2, 0.25) is 0 Å². The van der Waals surface area contributed by atoms with Gasteiger partial charge in [0.1, 0.15) is 18.0 Å². The van der Waals surface area contributed by atoms with Gasteiger partial charge in [-0.1, -0.05) is 54.6 Å². The van der Waals surface area contributed by atoms with Crippen LogP contribution in [-0.2, 0) is 9.47 Å². The Balaban J connectivity index is 1.22. The van der Waals surface area contributed by atoms with Crippen LogP contribution in [0.4, 0.5) is 13.2 Å². The van der Waals surface area contributed by atoms with E-state index in [4.69, 9.17) is 9.47 Å². The molecule has 0 spiro atoms. The first-order valence-corrected chi connectivity index (χ1v) is 12.3. The van der Waals surface area contributed by atoms with Crippen LogP contribution in [0.25, 0.3) is 17.2 Å². The predicted octanol–water partition coefficient (Wildman–Crippen LogP) is 7.76. The average Bonchev–Trinajstić information content (AvgIpc) is 3.73. The second-order valence-corrected chi connectivity index (χ2v) is 9.39. The molecule has 0 radical (unpaired) electrons. The Morgan fingerprint density at radius 1 is 0.944 bits per heavy atom. The molecule has 1 aliphatic carbocycles. The molecule has 1 atom stereocenters. The van der Waals surface area contributed by atoms with Gasteiger partial charge in [-0.25, -0.2) is 18.0 Å². The summed E-state index contributed by atoms with van der Waals surface area (Å²) in [5.74, 6) is -3.19. The normalized spacial score (nSPS) is 21.5. The fourth-order valence-corrected chi connectivity index (χ4v) is 4.91. The van der Waals surface area contributed by atoms with Crippen molar-refractivity contribution in [1.29, 1.82) is 0 Å². The number of carbonyl (C=O) groups is 1. The minimum Gasteiger partial charge on any atom is -0.459 e. The molecule has 0 bridgehead atoms. The third-order valence-corrected chi connectivity index (χ3v) is 7.00. The van der Waals surface area contributed by atoms with E-state index in [1.165, 1.54) is 12.1 Å². The van der Waals surface area contributed by atoms with Crippen LogP contribution in [-0.4, -0.2) is 18.7 Å². The Hall–Kier alpha value is -3.38. The summed E-state index contributed by atoms with van der Waals surface area (Å²) in [5.41, 5.74) is 2.78. The summed E-state index contributed by atoms with van der Waals surface area (Å²) < 4.78 is 55.1. The van der Waals surface area contributed by atoms with Crippen LogP contribution in [0, 0.1) is 17.5 Å². The van der Waals surface area contributed by atoms with E-state index in [1.807, 2.05) is 31.2 Å². The quantitative estimate of drug-likeness (QED) is 0.261. The number of halogens is 3. The molecule has 0 N–H and O–H groups in total. The highest BCUT2D eigenvalue weighted by Crippen LogP contribution is 2.38. The molecule has 1 aliphatic heterocycles. The minimum absolute atomic E-state index is 0.0945. The van der Waals surface area contributed by atoms with Gasteiger partial charge in [0, 0.05) is 5.56 Å². The highest BCUT2D eigenvalue weighted by molar-refractivity contribution is 5.90. The zero-order chi connectivity index (χ0) is 25.2. The molecule has 3 aromatic rings. The van der Waals surface area contributed by atoms with Crippen molar-refractivity contribution in [2.24, 2.45) is 0 Å². The van der Waals surface area contributed by atoms with E-state index in [1.54, 1.807) is 30.3 Å². The standard InChI is InChI=1S/C30H27F3O3/c1-2-3-18-4-6-19(7-5-18)23-14-15-24(29(33)28(23)32)20-8-11-22(12-9-20)36-30(34)25-13-10-21(16-26(25)31)27-17-35-27/h2-7,10,13-16,20,22,27H,8-9,11-12,17H2,1H3/b3-2+. The van der Waals surface area contributed by atoms with Crippen molar-refractivity contribution in [3.8, 4) is 11.1 Å². The SMILES string of the molecule is C/C=C/c1ccc(-c2ccc(C3CCC(OC(=O)c4ccc(C5CO5)cc4F)CC3)c(F)c2F)cc1. The first-order chi connectivity index (χ1) is 17.4. The summed E-state index contributed by atoms with van der Waals surface area (Å²) in [6.45, 7) is 2.48. The van der Waals surface area contributed by atoms with E-state index in [2.05, 4.69) is 0 Å². The lowest BCUT2D eigenvalue weighted by molar-refractivity contribution is 0.0189. The number of allylic oxidation sites excluding steroid dienone is 1. The van der Waals surface area contributed by atoms with Crippen molar-refractivity contribution in [3.63, 3.8) is 0 Å². The molecule has 3 aromatic carbocycles. The number of ether oxygens (including phenoxy) is 2. The van der Waals surface area contributed by atoms with E-state index in [0.29, 0.717) is 49.0 Å². The van der Waals surface area contributed by atoms with Crippen molar-refractivity contribution in [3.05, 3.63) is 100 Å². The Kier molecular flexibility index (Phi) is 6.97. The first kappa shape index (κ1) is 24.3. The molecule has 186 valence electrons. The van der Waals surface area contributed by atoms with Gasteiger partial charge in [0.05, 0.1) is 12.2 Å². The zero-order valence-electron chi connectivity index (χ0n) is 20.0. The topological polar surface area (TPSA) is 38.8 Å². The number of esters is 1. The third-order valence-electron chi connectivity index (χ3n) is 7.00. The summed E-state index contributed by atoms with van der Waals surface area (Å²) in [6, 6.07) is 15.0. The van der Waals surface area contributed by atoms with Gasteiger partial charge in [0.25, 0.3) is 0 Å². The first-order valence-electron chi connectivity index (χ1n) is 12.3. The Bertz CT molecular complexity index is 1290. The van der Waals surface area contributed by atoms with Crippen LogP contribution in [0.2, 0.25) is 0 Å². The summed E-state index contributed by atoms with van der Waals surface area (Å²) in [6.07, 6.45) is 5.47. The lowest BCUT2D eigenvalue weighted by atomic mass is 9.82. The molecule has 1 saturated heterocycles. The smallest absolute Gasteiger partial charge is 0.341 e. The highest BCUT2D eigenvalue weighted by atomic mass is 19.2. The molecule has 2 fully saturated rings. The van der Waals surface area contributed by atoms with E-state index in [-0.39, 0.29) is 29.3 Å². The van der Waals surface area contributed by atoms with Crippen molar-refractivity contribution < 1.29 is 27.4 Å². The monoisotopic (exact) mass is 492 g/mol. The van der Waals surface area contributed by atoms with Gasteiger partial charge in [0.15, 0.2) is 11.6 Å². The lowest BCUT2D eigenvalue weighted by Crippen LogP contribution is -2.25. The van der Waals surface area contributed by atoms with Gasteiger partial charge in [-0.2, -0.15) is 0 Å². The summed E-state index contributed by atoms with van der Waals surface area (Å²) in [7, 11) is 0. The number of hydrogen-bond acceptors (Lipinski definition) is 3. The maximum atomic E-state index is 15.1. The minimum atomic E-state index is -0.852. The van der Waals surface area contributed by atoms with E-state index in [0.717, 1.165) is 5.56 Å². The van der Waals surface area contributed by atoms with Crippen LogP contribution in [0.1, 0.15) is 71.7 Å². The Morgan fingerprint density at radius 3 is 2.31 bits per heavy atom. The van der Waals surface area contributed by atoms with E-state index < -0.39 is 23.4 Å². The van der Waals surface area contributed by atoms with Crippen molar-refractivity contribution in [2.45, 2.75) is 50.7 Å². The van der Waals surface area contributed by atoms with Crippen molar-refractivity contribution in [1.82, 2.24) is 0 Å². The second kappa shape index (κ2) is 10.3. The van der Waals surface area contributed by atoms with Crippen LogP contribution in [0.3, 0.4) is 0 Å². The van der Waals surface area contributed by atoms with Crippen molar-refractivity contribution >= 4 is 12.0 Å². The Labute approximate surface area is 208 Å². The summed E-state index contributed by atoms with van der Waals surface area (Å²) in [4.78, 5) is 12.5. The molecule has 1 heterocycles. The molecule has 36 heavy (non-hydrogen) atoms. The molecule has 1 saturated carbocycles. The van der Waals surface area contributed by atoms with Crippen LogP contribution < -0.4 is 0 Å². The van der Waals surface area contributed by atoms with Gasteiger partial charge in [-0.05, 0) is 72.9 Å². The lowest BCUT2D eigenvalue weighted by Gasteiger charge is -2.29. The highest BCUT2D eigenvalue weighted by Gasteiger charge is 2.30. The number of carbonyl (C=O) groups excluding carboxylic acids is 1. The predicted molar refractivity (Wildman–Crippen MR) is 132 cm³/mol. The molecular formula is C30H27F3O3. The number of epoxide rings is 1. The largest absolute Gasteiger partial charge is 0.459 e. The fourth-order valence-electron chi connectivity index (χ4n) is 4.91. The molecular weight excluding hydrogens is 465 g/mol. The van der Waals surface area contributed by atoms with Crippen LogP contribution in [0.5, 0.6) is 0 Å². The third kappa shape index (κ3) is 5.09. The zero-order valence-corrected chi connectivity index (χ0v) is 20.0. The molecule has 6 heteroatoms. The molecule has 3 nitrogen and oxygen atoms in total. The number of benzene rings is 3. The molecule has 0 amide bonds. The molecule has 1 unspecified atom stereocenters. The van der Waals surface area contributed by atoms with Gasteiger partial charge in [-0.15, -0.1) is 0 Å². The Morgan fingerprint density at radius 2 is 1.67 bits per heavy atom. The molecule has 0 aromatic heterocycles. The molecule has 2 aliphatic rings. The van der Waals surface area contributed by atoms with Gasteiger partial charge < -0.3 is 9.47 Å². The van der Waals surface area contributed by atoms with Gasteiger partial charge >= 0.3 is 5.97 Å². The fraction of sp³-hybridized carbons (Fsp3) is 0.300. The van der Waals surface area contributed by atoms with Crippen LogP contribution in [0.15, 0.2) is 60.7 Å². The average molecular weight is 493 g/mol. The second-order valence-electron chi connectivity index (χ2n) is 9.39. The molecule has 5 rings (SSSR count).